The molecular formula is C32H31NO4P+. The van der Waals surface area contributed by atoms with Gasteiger partial charge in [0.05, 0.1) is 50.3 Å². The topological polar surface area (TPSA) is 55.8 Å². The highest BCUT2D eigenvalue weighted by Crippen LogP contribution is 2.54. The van der Waals surface area contributed by atoms with Gasteiger partial charge in [-0.05, 0) is 48.5 Å². The van der Waals surface area contributed by atoms with Crippen molar-refractivity contribution in [3.05, 3.63) is 126 Å². The Morgan fingerprint density at radius 1 is 0.500 bits per heavy atom. The van der Waals surface area contributed by atoms with Crippen LogP contribution in [0, 0.1) is 0 Å². The summed E-state index contributed by atoms with van der Waals surface area (Å²) in [5.41, 5.74) is 0.922. The molecule has 0 saturated heterocycles. The fraction of sp³-hybridized carbons (Fsp3) is 0.188. The van der Waals surface area contributed by atoms with Gasteiger partial charge in [0.25, 0.3) is 11.8 Å². The molecule has 0 aliphatic carbocycles. The molecule has 0 fully saturated rings. The van der Waals surface area contributed by atoms with E-state index in [0.29, 0.717) is 30.9 Å². The summed E-state index contributed by atoms with van der Waals surface area (Å²) >= 11 is 0. The van der Waals surface area contributed by atoms with Crippen LogP contribution in [0.2, 0.25) is 0 Å². The first-order valence-electron chi connectivity index (χ1n) is 12.9. The highest BCUT2D eigenvalue weighted by Gasteiger charge is 2.44. The highest BCUT2D eigenvalue weighted by atomic mass is 31.2. The fourth-order valence-electron chi connectivity index (χ4n) is 5.00. The quantitative estimate of drug-likeness (QED) is 0.158. The minimum atomic E-state index is -1.92. The van der Waals surface area contributed by atoms with E-state index in [9.17, 15) is 9.59 Å². The summed E-state index contributed by atoms with van der Waals surface area (Å²) in [6.07, 6.45) is 0.875. The molecule has 0 bridgehead atoms. The SMILES string of the molecule is O=C1c2ccccc2C(=O)N1CCOCCOCC[P+](c1ccccc1)(c1ccccc1)c1ccccc1. The molecule has 2 amide bonds. The van der Waals surface area contributed by atoms with E-state index in [2.05, 4.69) is 91.0 Å². The molecule has 1 heterocycles. The van der Waals surface area contributed by atoms with E-state index in [1.807, 2.05) is 0 Å². The maximum absolute atomic E-state index is 12.5. The smallest absolute Gasteiger partial charge is 0.261 e. The molecule has 0 aromatic heterocycles. The molecule has 0 unspecified atom stereocenters. The molecule has 0 spiro atoms. The molecule has 4 aromatic rings. The molecule has 5 nitrogen and oxygen atoms in total. The average molecular weight is 525 g/mol. The largest absolute Gasteiger partial charge is 0.377 e. The zero-order valence-corrected chi connectivity index (χ0v) is 22.1. The lowest BCUT2D eigenvalue weighted by Gasteiger charge is -2.27. The number of ether oxygens (including phenoxy) is 2. The second kappa shape index (κ2) is 12.3. The van der Waals surface area contributed by atoms with Crippen molar-refractivity contribution in [2.75, 3.05) is 39.1 Å². The van der Waals surface area contributed by atoms with Crippen LogP contribution in [0.15, 0.2) is 115 Å². The number of benzene rings is 4. The minimum Gasteiger partial charge on any atom is -0.377 e. The molecule has 1 aliphatic rings. The van der Waals surface area contributed by atoms with Crippen molar-refractivity contribution in [2.45, 2.75) is 0 Å². The van der Waals surface area contributed by atoms with Crippen molar-refractivity contribution in [2.24, 2.45) is 0 Å². The molecule has 4 aromatic carbocycles. The number of carbonyl (C=O) groups excluding carboxylic acids is 2. The van der Waals surface area contributed by atoms with Crippen molar-refractivity contribution >= 4 is 35.0 Å². The monoisotopic (exact) mass is 524 g/mol. The predicted molar refractivity (Wildman–Crippen MR) is 153 cm³/mol. The molecule has 6 heteroatoms. The molecule has 0 saturated carbocycles. The van der Waals surface area contributed by atoms with Crippen LogP contribution in [0.5, 0.6) is 0 Å². The van der Waals surface area contributed by atoms with Crippen LogP contribution >= 0.6 is 7.26 Å². The van der Waals surface area contributed by atoms with Gasteiger partial charge in [-0.1, -0.05) is 66.7 Å². The number of fused-ring (bicyclic) bond motifs is 1. The average Bonchev–Trinajstić information content (AvgIpc) is 3.23. The van der Waals surface area contributed by atoms with E-state index in [0.717, 1.165) is 6.16 Å². The second-order valence-corrected chi connectivity index (χ2v) is 12.7. The maximum atomic E-state index is 12.5. The van der Waals surface area contributed by atoms with Gasteiger partial charge in [-0.2, -0.15) is 0 Å². The van der Waals surface area contributed by atoms with Crippen LogP contribution in [-0.2, 0) is 9.47 Å². The minimum absolute atomic E-state index is 0.233. The van der Waals surface area contributed by atoms with Crippen LogP contribution in [0.1, 0.15) is 20.7 Å². The second-order valence-electron chi connectivity index (χ2n) is 9.07. The first-order valence-corrected chi connectivity index (χ1v) is 14.8. The van der Waals surface area contributed by atoms with E-state index >= 15 is 0 Å². The number of rotatable bonds is 12. The normalized spacial score (nSPS) is 13.1. The lowest BCUT2D eigenvalue weighted by Crippen LogP contribution is -2.35. The lowest BCUT2D eigenvalue weighted by molar-refractivity contribution is 0.0388. The number of amides is 2. The summed E-state index contributed by atoms with van der Waals surface area (Å²) in [4.78, 5) is 26.2. The number of nitrogens with zero attached hydrogens (tertiary/aromatic N) is 1. The summed E-state index contributed by atoms with van der Waals surface area (Å²) in [5.74, 6) is -0.512. The Morgan fingerprint density at radius 3 is 1.34 bits per heavy atom. The number of imide groups is 1. The van der Waals surface area contributed by atoms with Crippen LogP contribution < -0.4 is 15.9 Å². The Balaban J connectivity index is 1.18. The molecule has 192 valence electrons. The van der Waals surface area contributed by atoms with Crippen molar-refractivity contribution in [3.63, 3.8) is 0 Å². The Bertz CT molecular complexity index is 1230. The summed E-state index contributed by atoms with van der Waals surface area (Å²) in [6.45, 7) is 1.95. The molecule has 0 N–H and O–H groups in total. The first-order chi connectivity index (χ1) is 18.7. The van der Waals surface area contributed by atoms with Crippen molar-refractivity contribution in [3.8, 4) is 0 Å². The van der Waals surface area contributed by atoms with Gasteiger partial charge in [0.2, 0.25) is 0 Å². The van der Waals surface area contributed by atoms with E-state index in [1.165, 1.54) is 20.8 Å². The third kappa shape index (κ3) is 5.32. The lowest BCUT2D eigenvalue weighted by atomic mass is 10.1. The van der Waals surface area contributed by atoms with Gasteiger partial charge in [-0.15, -0.1) is 0 Å². The van der Waals surface area contributed by atoms with Gasteiger partial charge in [0, 0.05) is 0 Å². The van der Waals surface area contributed by atoms with Crippen LogP contribution in [0.25, 0.3) is 0 Å². The molecular weight excluding hydrogens is 493 g/mol. The molecule has 38 heavy (non-hydrogen) atoms. The Hall–Kier alpha value is -3.63. The number of carbonyl (C=O) groups is 2. The number of hydrogen-bond donors (Lipinski definition) is 0. The fourth-order valence-corrected chi connectivity index (χ4v) is 9.12. The molecule has 1 aliphatic heterocycles. The predicted octanol–water partition coefficient (Wildman–Crippen LogP) is 4.31. The van der Waals surface area contributed by atoms with Gasteiger partial charge in [-0.25, -0.2) is 0 Å². The summed E-state index contributed by atoms with van der Waals surface area (Å²) in [5, 5.41) is 3.99. The summed E-state index contributed by atoms with van der Waals surface area (Å²) < 4.78 is 11.8. The highest BCUT2D eigenvalue weighted by molar-refractivity contribution is 7.95. The Kier molecular flexibility index (Phi) is 8.40. The van der Waals surface area contributed by atoms with Crippen LogP contribution in [0.4, 0.5) is 0 Å². The van der Waals surface area contributed by atoms with Gasteiger partial charge in [-0.3, -0.25) is 14.5 Å². The van der Waals surface area contributed by atoms with E-state index in [-0.39, 0.29) is 25.0 Å². The van der Waals surface area contributed by atoms with E-state index in [4.69, 9.17) is 9.47 Å². The Labute approximate surface area is 224 Å². The third-order valence-electron chi connectivity index (χ3n) is 6.87. The zero-order valence-electron chi connectivity index (χ0n) is 21.2. The summed E-state index contributed by atoms with van der Waals surface area (Å²) in [6, 6.07) is 39.1. The van der Waals surface area contributed by atoms with E-state index < -0.39 is 7.26 Å². The van der Waals surface area contributed by atoms with E-state index in [1.54, 1.807) is 24.3 Å². The molecule has 5 rings (SSSR count). The molecule has 0 atom stereocenters. The van der Waals surface area contributed by atoms with Gasteiger partial charge < -0.3 is 9.47 Å². The van der Waals surface area contributed by atoms with Crippen molar-refractivity contribution in [1.29, 1.82) is 0 Å². The first kappa shape index (κ1) is 26.0. The maximum Gasteiger partial charge on any atom is 0.261 e. The van der Waals surface area contributed by atoms with Crippen molar-refractivity contribution in [1.82, 2.24) is 4.90 Å². The Morgan fingerprint density at radius 2 is 0.895 bits per heavy atom. The third-order valence-corrected chi connectivity index (χ3v) is 11.3. The molecule has 0 radical (unpaired) electrons. The van der Waals surface area contributed by atoms with Crippen LogP contribution in [0.3, 0.4) is 0 Å². The van der Waals surface area contributed by atoms with Crippen molar-refractivity contribution < 1.29 is 19.1 Å². The standard InChI is InChI=1S/C32H31NO4P/c34-31-29-18-10-11-19-30(29)32(35)33(31)20-21-36-22-23-37-24-25-38(26-12-4-1-5-13-26,27-14-6-2-7-15-27)28-16-8-3-9-17-28/h1-19H,20-25H2/q+1. The van der Waals surface area contributed by atoms with Gasteiger partial charge in [0.15, 0.2) is 0 Å². The van der Waals surface area contributed by atoms with Crippen LogP contribution in [-0.4, -0.2) is 55.8 Å². The van der Waals surface area contributed by atoms with Gasteiger partial charge >= 0.3 is 0 Å². The van der Waals surface area contributed by atoms with Gasteiger partial charge in [0.1, 0.15) is 23.2 Å². The zero-order chi connectivity index (χ0) is 26.2. The summed E-state index contributed by atoms with van der Waals surface area (Å²) in [7, 11) is -1.92. The number of hydrogen-bond acceptors (Lipinski definition) is 4.